The van der Waals surface area contributed by atoms with E-state index in [1.807, 2.05) is 31.2 Å². The number of Topliss-reactive ketones (excluding diaryl/α,β-unsaturated/α-hetero) is 1. The van der Waals surface area contributed by atoms with E-state index in [1.165, 1.54) is 18.4 Å². The van der Waals surface area contributed by atoms with Crippen LogP contribution in [0.1, 0.15) is 70.1 Å². The summed E-state index contributed by atoms with van der Waals surface area (Å²) in [5.74, 6) is 0.289. The van der Waals surface area contributed by atoms with Gasteiger partial charge in [0.25, 0.3) is 0 Å². The van der Waals surface area contributed by atoms with Crippen LogP contribution in [0.3, 0.4) is 0 Å². The summed E-state index contributed by atoms with van der Waals surface area (Å²) in [5.41, 5.74) is 3.63. The van der Waals surface area contributed by atoms with Gasteiger partial charge < -0.3 is 10.1 Å². The van der Waals surface area contributed by atoms with Gasteiger partial charge in [-0.25, -0.2) is 0 Å². The molecule has 162 valence electrons. The van der Waals surface area contributed by atoms with Gasteiger partial charge in [0.2, 0.25) is 0 Å². The molecule has 0 saturated carbocycles. The predicted octanol–water partition coefficient (Wildman–Crippen LogP) is 5.71. The molecule has 1 aromatic heterocycles. The molecule has 4 nitrogen and oxygen atoms in total. The number of carbonyl (C=O) groups is 1. The number of carbonyl (C=O) groups excluding carboxylic acids is 1. The van der Waals surface area contributed by atoms with Crippen molar-refractivity contribution < 1.29 is 9.90 Å². The molecule has 0 saturated heterocycles. The van der Waals surface area contributed by atoms with Gasteiger partial charge in [-0.05, 0) is 64.1 Å². The Kier molecular flexibility index (Phi) is 9.28. The lowest BCUT2D eigenvalue weighted by atomic mass is 9.94. The largest absolute Gasteiger partial charge is 0.372 e. The van der Waals surface area contributed by atoms with E-state index in [0.29, 0.717) is 25.8 Å². The molecule has 0 radical (unpaired) electrons. The molecule has 1 aromatic rings. The number of H-pyrrole nitrogens is 1. The summed E-state index contributed by atoms with van der Waals surface area (Å²) >= 11 is 0. The second-order valence-electron chi connectivity index (χ2n) is 8.24. The maximum absolute atomic E-state index is 12.2. The van der Waals surface area contributed by atoms with Gasteiger partial charge in [-0.15, -0.1) is 0 Å². The van der Waals surface area contributed by atoms with E-state index in [4.69, 9.17) is 0 Å². The van der Waals surface area contributed by atoms with Crippen LogP contribution in [0.4, 0.5) is 0 Å². The molecule has 4 heteroatoms. The number of ketones is 1. The Hall–Kier alpha value is -2.43. The van der Waals surface area contributed by atoms with Crippen molar-refractivity contribution in [2.45, 2.75) is 64.5 Å². The standard InChI is InChI=1S/C26H36N2O2/c1-5-6-11-20(2)16-21(3)25-18-23(19-27-25)26(4,30)28-15-10-14-24(29)17-22-12-8-7-9-13-22/h5-6,11-12,16,18-19,27-28,30H,1,3,7-10,13-15,17H2,2,4H3. The van der Waals surface area contributed by atoms with Crippen molar-refractivity contribution >= 4 is 11.4 Å². The summed E-state index contributed by atoms with van der Waals surface area (Å²) in [7, 11) is 0. The molecule has 1 unspecified atom stereocenters. The summed E-state index contributed by atoms with van der Waals surface area (Å²) < 4.78 is 0. The number of rotatable bonds is 12. The fourth-order valence-corrected chi connectivity index (χ4v) is 3.61. The lowest BCUT2D eigenvalue weighted by Crippen LogP contribution is -2.39. The van der Waals surface area contributed by atoms with Gasteiger partial charge in [-0.1, -0.05) is 54.7 Å². The lowest BCUT2D eigenvalue weighted by molar-refractivity contribution is -0.118. The average molecular weight is 409 g/mol. The van der Waals surface area contributed by atoms with Crippen LogP contribution in [0.25, 0.3) is 5.57 Å². The normalized spacial score (nSPS) is 16.9. The Morgan fingerprint density at radius 3 is 2.90 bits per heavy atom. The average Bonchev–Trinajstić information content (AvgIpc) is 3.22. The van der Waals surface area contributed by atoms with E-state index in [-0.39, 0.29) is 5.78 Å². The van der Waals surface area contributed by atoms with Gasteiger partial charge in [-0.3, -0.25) is 10.1 Å². The Morgan fingerprint density at radius 1 is 1.40 bits per heavy atom. The zero-order valence-electron chi connectivity index (χ0n) is 18.5. The second-order valence-corrected chi connectivity index (χ2v) is 8.24. The van der Waals surface area contributed by atoms with Crippen LogP contribution in [-0.4, -0.2) is 22.4 Å². The van der Waals surface area contributed by atoms with Gasteiger partial charge in [0.15, 0.2) is 0 Å². The molecule has 1 heterocycles. The van der Waals surface area contributed by atoms with Crippen LogP contribution >= 0.6 is 0 Å². The van der Waals surface area contributed by atoms with Crippen LogP contribution in [0.15, 0.2) is 66.9 Å². The quantitative estimate of drug-likeness (QED) is 0.180. The molecule has 30 heavy (non-hydrogen) atoms. The third-order valence-corrected chi connectivity index (χ3v) is 5.40. The molecule has 0 aliphatic heterocycles. The first-order chi connectivity index (χ1) is 14.3. The maximum Gasteiger partial charge on any atom is 0.140 e. The first-order valence-corrected chi connectivity index (χ1v) is 10.8. The maximum atomic E-state index is 12.2. The molecule has 1 atom stereocenters. The van der Waals surface area contributed by atoms with E-state index in [1.54, 1.807) is 19.2 Å². The van der Waals surface area contributed by atoms with Crippen molar-refractivity contribution in [2.24, 2.45) is 0 Å². The highest BCUT2D eigenvalue weighted by molar-refractivity contribution is 5.80. The molecule has 0 amide bonds. The summed E-state index contributed by atoms with van der Waals surface area (Å²) in [6.45, 7) is 12.1. The summed E-state index contributed by atoms with van der Waals surface area (Å²) in [6, 6.07) is 1.90. The Labute approximate surface area is 181 Å². The van der Waals surface area contributed by atoms with E-state index in [0.717, 1.165) is 35.2 Å². The van der Waals surface area contributed by atoms with Crippen LogP contribution in [-0.2, 0) is 10.5 Å². The fourth-order valence-electron chi connectivity index (χ4n) is 3.61. The fraction of sp³-hybridized carbons (Fsp3) is 0.423. The highest BCUT2D eigenvalue weighted by Crippen LogP contribution is 2.23. The second kappa shape index (κ2) is 11.7. The van der Waals surface area contributed by atoms with Crippen LogP contribution in [0.5, 0.6) is 0 Å². The van der Waals surface area contributed by atoms with Crippen LogP contribution in [0.2, 0.25) is 0 Å². The lowest BCUT2D eigenvalue weighted by Gasteiger charge is -2.24. The molecule has 0 bridgehead atoms. The third kappa shape index (κ3) is 7.77. The van der Waals surface area contributed by atoms with Crippen molar-refractivity contribution in [3.05, 3.63) is 78.2 Å². The third-order valence-electron chi connectivity index (χ3n) is 5.40. The van der Waals surface area contributed by atoms with Crippen LogP contribution < -0.4 is 5.32 Å². The number of aromatic nitrogens is 1. The van der Waals surface area contributed by atoms with Gasteiger partial charge >= 0.3 is 0 Å². The van der Waals surface area contributed by atoms with E-state index in [2.05, 4.69) is 29.5 Å². The summed E-state index contributed by atoms with van der Waals surface area (Å²) in [6.07, 6.45) is 18.0. The molecule has 1 aliphatic rings. The number of nitrogens with one attached hydrogen (secondary N) is 2. The van der Waals surface area contributed by atoms with Crippen molar-refractivity contribution in [2.75, 3.05) is 6.54 Å². The molecule has 0 aromatic carbocycles. The minimum absolute atomic E-state index is 0.289. The first kappa shape index (κ1) is 23.8. The van der Waals surface area contributed by atoms with E-state index >= 15 is 0 Å². The number of aliphatic hydroxyl groups is 1. The summed E-state index contributed by atoms with van der Waals surface area (Å²) in [5, 5.41) is 14.0. The monoisotopic (exact) mass is 408 g/mol. The molecule has 2 rings (SSSR count). The van der Waals surface area contributed by atoms with Gasteiger partial charge in [0, 0.05) is 30.3 Å². The predicted molar refractivity (Wildman–Crippen MR) is 126 cm³/mol. The van der Waals surface area contributed by atoms with Gasteiger partial charge in [-0.2, -0.15) is 0 Å². The van der Waals surface area contributed by atoms with Crippen molar-refractivity contribution in [1.29, 1.82) is 0 Å². The highest BCUT2D eigenvalue weighted by Gasteiger charge is 2.23. The Balaban J connectivity index is 1.82. The van der Waals surface area contributed by atoms with Gasteiger partial charge in [0.1, 0.15) is 11.5 Å². The molecule has 0 spiro atoms. The number of aromatic amines is 1. The number of allylic oxidation sites excluding steroid dienone is 8. The Morgan fingerprint density at radius 2 is 2.20 bits per heavy atom. The zero-order valence-corrected chi connectivity index (χ0v) is 18.5. The van der Waals surface area contributed by atoms with E-state index in [9.17, 15) is 9.90 Å². The first-order valence-electron chi connectivity index (χ1n) is 10.8. The topological polar surface area (TPSA) is 65.1 Å². The smallest absolute Gasteiger partial charge is 0.140 e. The van der Waals surface area contributed by atoms with Crippen molar-refractivity contribution in [3.8, 4) is 0 Å². The van der Waals surface area contributed by atoms with Crippen molar-refractivity contribution in [3.63, 3.8) is 0 Å². The van der Waals surface area contributed by atoms with Crippen LogP contribution in [0, 0.1) is 0 Å². The Bertz CT molecular complexity index is 837. The van der Waals surface area contributed by atoms with E-state index < -0.39 is 5.72 Å². The minimum Gasteiger partial charge on any atom is -0.372 e. The van der Waals surface area contributed by atoms with Gasteiger partial charge in [0.05, 0.1) is 0 Å². The molecular weight excluding hydrogens is 372 g/mol. The molecule has 1 aliphatic carbocycles. The molecular formula is C26H36N2O2. The minimum atomic E-state index is -1.18. The highest BCUT2D eigenvalue weighted by atomic mass is 16.3. The molecule has 0 fully saturated rings. The number of hydrogen-bond acceptors (Lipinski definition) is 3. The zero-order chi connectivity index (χ0) is 22.0. The molecule has 3 N–H and O–H groups in total. The SMILES string of the molecule is C=CC=CC(C)=CC(=C)c1cc(C(C)(O)NCCCC(=O)CC2=CCCCC2)c[nH]1. The summed E-state index contributed by atoms with van der Waals surface area (Å²) in [4.78, 5) is 15.4. The number of hydrogen-bond donors (Lipinski definition) is 3. The van der Waals surface area contributed by atoms with Crippen molar-refractivity contribution in [1.82, 2.24) is 10.3 Å².